The Labute approximate surface area is 203 Å². The fourth-order valence-electron chi connectivity index (χ4n) is 8.45. The lowest BCUT2D eigenvalue weighted by atomic mass is 9.46. The van der Waals surface area contributed by atoms with Gasteiger partial charge in [-0.2, -0.15) is 0 Å². The molecule has 0 radical (unpaired) electrons. The van der Waals surface area contributed by atoms with E-state index in [-0.39, 0.29) is 16.8 Å². The standard InChI is InChI=1S/C27H40N4O3/c1-5-6-15-31-17-24(28-30-31)27(34-18(2)32)14-11-23-21-8-7-19-16-20(29-33)9-12-25(19,3)22(21)10-13-26(23,27)4/h16-17,21-23,33H,5-15H2,1-4H3/b29-20-/t21?,22?,23?,25-,26-,27+/m0/s1. The van der Waals surface area contributed by atoms with Crippen LogP contribution in [-0.4, -0.2) is 31.9 Å². The van der Waals surface area contributed by atoms with E-state index in [2.05, 4.69) is 42.3 Å². The number of allylic oxidation sites excluding steroid dienone is 2. The molecule has 4 aliphatic carbocycles. The summed E-state index contributed by atoms with van der Waals surface area (Å²) in [5.41, 5.74) is 2.47. The highest BCUT2D eigenvalue weighted by Crippen LogP contribution is 2.70. The molecular formula is C27H40N4O3. The Morgan fingerprint density at radius 3 is 2.74 bits per heavy atom. The summed E-state index contributed by atoms with van der Waals surface area (Å²) >= 11 is 0. The summed E-state index contributed by atoms with van der Waals surface area (Å²) in [5.74, 6) is 1.51. The van der Waals surface area contributed by atoms with Gasteiger partial charge in [0.25, 0.3) is 0 Å². The first-order valence-electron chi connectivity index (χ1n) is 13.3. The quantitative estimate of drug-likeness (QED) is 0.344. The topological polar surface area (TPSA) is 89.6 Å². The summed E-state index contributed by atoms with van der Waals surface area (Å²) in [6.07, 6.45) is 14.5. The van der Waals surface area contributed by atoms with E-state index in [1.165, 1.54) is 12.5 Å². The lowest BCUT2D eigenvalue weighted by Gasteiger charge is -2.59. The number of carbonyl (C=O) groups is 1. The number of fused-ring (bicyclic) bond motifs is 5. The van der Waals surface area contributed by atoms with Crippen LogP contribution in [0.5, 0.6) is 0 Å². The lowest BCUT2D eigenvalue weighted by Crippen LogP contribution is -2.55. The normalized spacial score (nSPS) is 40.3. The van der Waals surface area contributed by atoms with Crippen LogP contribution in [0, 0.1) is 28.6 Å². The van der Waals surface area contributed by atoms with E-state index in [1.54, 1.807) is 0 Å². The van der Waals surface area contributed by atoms with E-state index < -0.39 is 5.60 Å². The molecule has 1 aromatic rings. The van der Waals surface area contributed by atoms with Crippen molar-refractivity contribution in [2.24, 2.45) is 33.7 Å². The van der Waals surface area contributed by atoms with Crippen molar-refractivity contribution in [3.63, 3.8) is 0 Å². The molecule has 186 valence electrons. The summed E-state index contributed by atoms with van der Waals surface area (Å²) < 4.78 is 8.23. The summed E-state index contributed by atoms with van der Waals surface area (Å²) in [4.78, 5) is 12.4. The zero-order valence-electron chi connectivity index (χ0n) is 21.2. The molecule has 4 aliphatic rings. The molecule has 1 aromatic heterocycles. The second-order valence-electron chi connectivity index (χ2n) is 11.7. The fraction of sp³-hybridized carbons (Fsp3) is 0.778. The van der Waals surface area contributed by atoms with Crippen LogP contribution in [0.2, 0.25) is 0 Å². The minimum Gasteiger partial charge on any atom is -0.452 e. The molecule has 0 bridgehead atoms. The number of hydrogen-bond acceptors (Lipinski definition) is 6. The van der Waals surface area contributed by atoms with Crippen molar-refractivity contribution in [3.8, 4) is 0 Å². The Morgan fingerprint density at radius 1 is 1.21 bits per heavy atom. The Morgan fingerprint density at radius 2 is 2.00 bits per heavy atom. The van der Waals surface area contributed by atoms with Gasteiger partial charge in [0.15, 0.2) is 5.60 Å². The fourth-order valence-corrected chi connectivity index (χ4v) is 8.45. The van der Waals surface area contributed by atoms with E-state index >= 15 is 0 Å². The molecule has 0 aromatic carbocycles. The van der Waals surface area contributed by atoms with E-state index in [0.717, 1.165) is 82.2 Å². The first kappa shape index (κ1) is 23.6. The van der Waals surface area contributed by atoms with Crippen molar-refractivity contribution in [2.75, 3.05) is 0 Å². The Bertz CT molecular complexity index is 1020. The van der Waals surface area contributed by atoms with Gasteiger partial charge in [0.1, 0.15) is 5.69 Å². The molecule has 7 heteroatoms. The Kier molecular flexibility index (Phi) is 5.88. The molecule has 3 fully saturated rings. The molecular weight excluding hydrogens is 428 g/mol. The largest absolute Gasteiger partial charge is 0.452 e. The van der Waals surface area contributed by atoms with Gasteiger partial charge in [-0.1, -0.05) is 43.1 Å². The highest BCUT2D eigenvalue weighted by atomic mass is 16.6. The van der Waals surface area contributed by atoms with Crippen LogP contribution in [0.1, 0.15) is 97.6 Å². The molecule has 0 amide bonds. The van der Waals surface area contributed by atoms with Gasteiger partial charge in [-0.3, -0.25) is 9.48 Å². The number of ether oxygens (including phenoxy) is 1. The molecule has 34 heavy (non-hydrogen) atoms. The van der Waals surface area contributed by atoms with Gasteiger partial charge in [0.2, 0.25) is 0 Å². The van der Waals surface area contributed by atoms with E-state index in [1.807, 2.05) is 10.9 Å². The monoisotopic (exact) mass is 468 g/mol. The maximum atomic E-state index is 12.4. The predicted molar refractivity (Wildman–Crippen MR) is 129 cm³/mol. The number of unbranched alkanes of at least 4 members (excludes halogenated alkanes) is 1. The Balaban J connectivity index is 1.49. The highest BCUT2D eigenvalue weighted by molar-refractivity contribution is 5.96. The van der Waals surface area contributed by atoms with Crippen LogP contribution in [0.3, 0.4) is 0 Å². The first-order valence-corrected chi connectivity index (χ1v) is 13.3. The number of oxime groups is 1. The van der Waals surface area contributed by atoms with Crippen LogP contribution in [0.25, 0.3) is 0 Å². The van der Waals surface area contributed by atoms with Crippen molar-refractivity contribution < 1.29 is 14.7 Å². The predicted octanol–water partition coefficient (Wildman–Crippen LogP) is 5.63. The molecule has 0 saturated heterocycles. The van der Waals surface area contributed by atoms with Gasteiger partial charge in [-0.05, 0) is 87.0 Å². The molecule has 3 unspecified atom stereocenters. The number of nitrogens with zero attached hydrogens (tertiary/aromatic N) is 4. The highest BCUT2D eigenvalue weighted by Gasteiger charge is 2.67. The van der Waals surface area contributed by atoms with Gasteiger partial charge in [-0.25, -0.2) is 0 Å². The van der Waals surface area contributed by atoms with E-state index in [9.17, 15) is 10.0 Å². The van der Waals surface area contributed by atoms with Crippen molar-refractivity contribution >= 4 is 11.7 Å². The van der Waals surface area contributed by atoms with Crippen LogP contribution in [0.4, 0.5) is 0 Å². The van der Waals surface area contributed by atoms with Crippen LogP contribution in [-0.2, 0) is 21.7 Å². The van der Waals surface area contributed by atoms with Gasteiger partial charge in [-0.15, -0.1) is 5.10 Å². The summed E-state index contributed by atoms with van der Waals surface area (Å²) in [5, 5.41) is 21.9. The molecule has 1 N–H and O–H groups in total. The van der Waals surface area contributed by atoms with Crippen molar-refractivity contribution in [1.82, 2.24) is 15.0 Å². The third-order valence-corrected chi connectivity index (χ3v) is 10.2. The maximum absolute atomic E-state index is 12.4. The lowest BCUT2D eigenvalue weighted by molar-refractivity contribution is -0.186. The average Bonchev–Trinajstić information content (AvgIpc) is 3.40. The maximum Gasteiger partial charge on any atom is 0.303 e. The smallest absolute Gasteiger partial charge is 0.303 e. The SMILES string of the molecule is CCCCn1cc([C@]2(OC(C)=O)CCC3C4CCC5=C/C(=N\O)CC[C@]5(C)C4CC[C@@]32C)nn1. The van der Waals surface area contributed by atoms with Gasteiger partial charge in [0.05, 0.1) is 11.9 Å². The molecule has 0 aliphatic heterocycles. The van der Waals surface area contributed by atoms with Crippen molar-refractivity contribution in [1.29, 1.82) is 0 Å². The number of rotatable bonds is 5. The number of aromatic nitrogens is 3. The number of aryl methyl sites for hydroxylation is 1. The third-order valence-electron chi connectivity index (χ3n) is 10.2. The Hall–Kier alpha value is -2.18. The molecule has 7 nitrogen and oxygen atoms in total. The number of carbonyl (C=O) groups excluding carboxylic acids is 1. The molecule has 0 spiro atoms. The zero-order chi connectivity index (χ0) is 24.1. The van der Waals surface area contributed by atoms with Crippen LogP contribution in [0.15, 0.2) is 23.0 Å². The second kappa shape index (κ2) is 8.49. The van der Waals surface area contributed by atoms with E-state index in [4.69, 9.17) is 4.74 Å². The second-order valence-corrected chi connectivity index (χ2v) is 11.7. The number of esters is 1. The van der Waals surface area contributed by atoms with Crippen molar-refractivity contribution in [3.05, 3.63) is 23.5 Å². The van der Waals surface area contributed by atoms with E-state index in [0.29, 0.717) is 17.8 Å². The molecule has 1 heterocycles. The molecule has 5 rings (SSSR count). The summed E-state index contributed by atoms with van der Waals surface area (Å²) in [6, 6.07) is 0. The minimum absolute atomic E-state index is 0.143. The van der Waals surface area contributed by atoms with Crippen LogP contribution >= 0.6 is 0 Å². The summed E-state index contributed by atoms with van der Waals surface area (Å²) in [7, 11) is 0. The zero-order valence-corrected chi connectivity index (χ0v) is 21.2. The number of hydrogen-bond donors (Lipinski definition) is 1. The molecule has 6 atom stereocenters. The molecule has 3 saturated carbocycles. The van der Waals surface area contributed by atoms with Crippen molar-refractivity contribution in [2.45, 2.75) is 104 Å². The summed E-state index contributed by atoms with van der Waals surface area (Å²) in [6.45, 7) is 9.36. The third kappa shape index (κ3) is 3.36. The first-order chi connectivity index (χ1) is 16.3. The minimum atomic E-state index is -0.695. The average molecular weight is 469 g/mol. The van der Waals surface area contributed by atoms with Gasteiger partial charge in [0, 0.05) is 18.9 Å². The van der Waals surface area contributed by atoms with Gasteiger partial charge >= 0.3 is 5.97 Å². The van der Waals surface area contributed by atoms with Gasteiger partial charge < -0.3 is 9.94 Å². The van der Waals surface area contributed by atoms with Crippen LogP contribution < -0.4 is 0 Å².